The second-order valence-corrected chi connectivity index (χ2v) is 7.72. The van der Waals surface area contributed by atoms with E-state index >= 15 is 0 Å². The molecule has 1 aliphatic rings. The standard InChI is InChI=1S/C21H32N6.HI/c1-16-6-7-18(19(12-16)25(4)5)13-24-21(22-3)26-10-8-17(2)20(14-26)27-11-9-23-15-27;/h6-7,9,11-12,15,17,20H,8,10,13-14H2,1-5H3,(H,22,24);1H. The van der Waals surface area contributed by atoms with Crippen molar-refractivity contribution in [1.29, 1.82) is 0 Å². The van der Waals surface area contributed by atoms with Gasteiger partial charge >= 0.3 is 0 Å². The lowest BCUT2D eigenvalue weighted by Gasteiger charge is -2.39. The number of benzene rings is 1. The minimum atomic E-state index is 0. The molecule has 1 aromatic heterocycles. The van der Waals surface area contributed by atoms with E-state index in [1.165, 1.54) is 16.8 Å². The van der Waals surface area contributed by atoms with Gasteiger partial charge in [0.05, 0.1) is 12.4 Å². The maximum atomic E-state index is 4.55. The van der Waals surface area contributed by atoms with Crippen LogP contribution in [-0.4, -0.2) is 54.6 Å². The molecule has 1 aromatic carbocycles. The molecule has 3 rings (SSSR count). The third-order valence-corrected chi connectivity index (χ3v) is 5.50. The number of anilines is 1. The van der Waals surface area contributed by atoms with Crippen LogP contribution in [0.15, 0.2) is 41.9 Å². The quantitative estimate of drug-likeness (QED) is 0.400. The van der Waals surface area contributed by atoms with E-state index in [0.29, 0.717) is 12.0 Å². The van der Waals surface area contributed by atoms with E-state index in [2.05, 4.69) is 82.0 Å². The van der Waals surface area contributed by atoms with Crippen LogP contribution < -0.4 is 10.2 Å². The minimum Gasteiger partial charge on any atom is -0.377 e. The van der Waals surface area contributed by atoms with Gasteiger partial charge in [0.15, 0.2) is 5.96 Å². The van der Waals surface area contributed by atoms with Crippen LogP contribution in [0.3, 0.4) is 0 Å². The second-order valence-electron chi connectivity index (χ2n) is 7.72. The molecule has 6 nitrogen and oxygen atoms in total. The summed E-state index contributed by atoms with van der Waals surface area (Å²) in [4.78, 5) is 13.3. The number of likely N-dealkylation sites (tertiary alicyclic amines) is 1. The zero-order chi connectivity index (χ0) is 19.4. The smallest absolute Gasteiger partial charge is 0.193 e. The lowest BCUT2D eigenvalue weighted by molar-refractivity contribution is 0.189. The summed E-state index contributed by atoms with van der Waals surface area (Å²) in [5.41, 5.74) is 3.81. The zero-order valence-electron chi connectivity index (χ0n) is 17.6. The molecule has 0 spiro atoms. The number of aliphatic imine (C=N–C) groups is 1. The number of halogens is 1. The number of hydrogen-bond acceptors (Lipinski definition) is 3. The molecule has 154 valence electrons. The summed E-state index contributed by atoms with van der Waals surface area (Å²) >= 11 is 0. The van der Waals surface area contributed by atoms with Crippen molar-refractivity contribution in [2.75, 3.05) is 39.1 Å². The van der Waals surface area contributed by atoms with Gasteiger partial charge in [-0.2, -0.15) is 0 Å². The average molecular weight is 496 g/mol. The molecule has 7 heteroatoms. The summed E-state index contributed by atoms with van der Waals surface area (Å²) in [7, 11) is 6.05. The number of aryl methyl sites for hydroxylation is 1. The molecule has 2 unspecified atom stereocenters. The van der Waals surface area contributed by atoms with Gasteiger partial charge in [-0.15, -0.1) is 24.0 Å². The highest BCUT2D eigenvalue weighted by Crippen LogP contribution is 2.27. The molecule has 0 bridgehead atoms. The number of piperidine rings is 1. The number of nitrogens with zero attached hydrogens (tertiary/aromatic N) is 5. The molecular formula is C21H33IN6. The number of nitrogens with one attached hydrogen (secondary N) is 1. The van der Waals surface area contributed by atoms with Gasteiger partial charge in [-0.3, -0.25) is 4.99 Å². The Morgan fingerprint density at radius 3 is 2.79 bits per heavy atom. The Labute approximate surface area is 186 Å². The first-order valence-electron chi connectivity index (χ1n) is 9.69. The molecule has 1 saturated heterocycles. The highest BCUT2D eigenvalue weighted by Gasteiger charge is 2.28. The van der Waals surface area contributed by atoms with Crippen LogP contribution in [0.4, 0.5) is 5.69 Å². The normalized spacial score (nSPS) is 19.9. The monoisotopic (exact) mass is 496 g/mol. The zero-order valence-corrected chi connectivity index (χ0v) is 19.9. The Kier molecular flexibility index (Phi) is 8.15. The topological polar surface area (TPSA) is 48.7 Å². The van der Waals surface area contributed by atoms with E-state index < -0.39 is 0 Å². The van der Waals surface area contributed by atoms with Crippen molar-refractivity contribution >= 4 is 35.6 Å². The summed E-state index contributed by atoms with van der Waals surface area (Å²) in [5, 5.41) is 3.58. The van der Waals surface area contributed by atoms with Crippen LogP contribution in [0.2, 0.25) is 0 Å². The summed E-state index contributed by atoms with van der Waals surface area (Å²) in [6.07, 6.45) is 7.00. The number of guanidine groups is 1. The SMILES string of the molecule is CN=C(NCc1ccc(C)cc1N(C)C)N1CCC(C)C(n2ccnc2)C1.I. The van der Waals surface area contributed by atoms with E-state index in [4.69, 9.17) is 0 Å². The highest BCUT2D eigenvalue weighted by molar-refractivity contribution is 14.0. The molecule has 2 aromatic rings. The Balaban J connectivity index is 0.00000280. The third-order valence-electron chi connectivity index (χ3n) is 5.50. The van der Waals surface area contributed by atoms with Crippen LogP contribution in [0.5, 0.6) is 0 Å². The Bertz CT molecular complexity index is 771. The van der Waals surface area contributed by atoms with E-state index in [1.807, 2.05) is 19.6 Å². The average Bonchev–Trinajstić information content (AvgIpc) is 3.18. The third kappa shape index (κ3) is 5.18. The van der Waals surface area contributed by atoms with E-state index in [9.17, 15) is 0 Å². The summed E-state index contributed by atoms with van der Waals surface area (Å²) in [5.74, 6) is 1.60. The largest absolute Gasteiger partial charge is 0.377 e. The summed E-state index contributed by atoms with van der Waals surface area (Å²) in [6.45, 7) is 7.20. The summed E-state index contributed by atoms with van der Waals surface area (Å²) in [6, 6.07) is 7.04. The van der Waals surface area contributed by atoms with E-state index in [-0.39, 0.29) is 24.0 Å². The molecule has 0 radical (unpaired) electrons. The molecule has 1 N–H and O–H groups in total. The van der Waals surface area contributed by atoms with Crippen molar-refractivity contribution < 1.29 is 0 Å². The van der Waals surface area contributed by atoms with Gasteiger partial charge in [-0.05, 0) is 36.5 Å². The van der Waals surface area contributed by atoms with Crippen molar-refractivity contribution in [3.05, 3.63) is 48.0 Å². The van der Waals surface area contributed by atoms with Gasteiger partial charge in [0.25, 0.3) is 0 Å². The van der Waals surface area contributed by atoms with Crippen LogP contribution in [-0.2, 0) is 6.54 Å². The molecule has 1 fully saturated rings. The van der Waals surface area contributed by atoms with Gasteiger partial charge in [0.2, 0.25) is 0 Å². The van der Waals surface area contributed by atoms with Crippen LogP contribution in [0.25, 0.3) is 0 Å². The minimum absolute atomic E-state index is 0. The highest BCUT2D eigenvalue weighted by atomic mass is 127. The van der Waals surface area contributed by atoms with Crippen molar-refractivity contribution in [3.8, 4) is 0 Å². The lowest BCUT2D eigenvalue weighted by Crippen LogP contribution is -2.48. The predicted octanol–water partition coefficient (Wildman–Crippen LogP) is 3.53. The summed E-state index contributed by atoms with van der Waals surface area (Å²) < 4.78 is 2.23. The molecular weight excluding hydrogens is 463 g/mol. The van der Waals surface area contributed by atoms with Crippen molar-refractivity contribution in [2.24, 2.45) is 10.9 Å². The first-order valence-corrected chi connectivity index (χ1v) is 9.69. The molecule has 0 saturated carbocycles. The molecule has 2 atom stereocenters. The maximum absolute atomic E-state index is 4.55. The van der Waals surface area contributed by atoms with Crippen LogP contribution >= 0.6 is 24.0 Å². The maximum Gasteiger partial charge on any atom is 0.193 e. The Hall–Kier alpha value is -1.77. The van der Waals surface area contributed by atoms with Crippen molar-refractivity contribution in [2.45, 2.75) is 32.9 Å². The van der Waals surface area contributed by atoms with Gasteiger partial charge < -0.3 is 19.7 Å². The van der Waals surface area contributed by atoms with Gasteiger partial charge in [0.1, 0.15) is 0 Å². The molecule has 0 amide bonds. The molecule has 1 aliphatic heterocycles. The first kappa shape index (κ1) is 22.5. The van der Waals surface area contributed by atoms with Crippen molar-refractivity contribution in [3.63, 3.8) is 0 Å². The fourth-order valence-corrected chi connectivity index (χ4v) is 3.84. The van der Waals surface area contributed by atoms with E-state index in [1.54, 1.807) is 0 Å². The first-order chi connectivity index (χ1) is 13.0. The fourth-order valence-electron chi connectivity index (χ4n) is 3.84. The van der Waals surface area contributed by atoms with E-state index in [0.717, 1.165) is 32.0 Å². The van der Waals surface area contributed by atoms with Gasteiger partial charge in [-0.25, -0.2) is 4.98 Å². The molecule has 2 heterocycles. The van der Waals surface area contributed by atoms with Crippen molar-refractivity contribution in [1.82, 2.24) is 19.8 Å². The number of hydrogen-bond donors (Lipinski definition) is 1. The second kappa shape index (κ2) is 10.1. The van der Waals surface area contributed by atoms with Gasteiger partial charge in [-0.1, -0.05) is 19.1 Å². The number of imidazole rings is 1. The number of rotatable bonds is 4. The Morgan fingerprint density at radius 1 is 1.36 bits per heavy atom. The van der Waals surface area contributed by atoms with Crippen LogP contribution in [0.1, 0.15) is 30.5 Å². The molecule has 0 aliphatic carbocycles. The van der Waals surface area contributed by atoms with Crippen LogP contribution in [0, 0.1) is 12.8 Å². The number of aromatic nitrogens is 2. The fraction of sp³-hybridized carbons (Fsp3) is 0.524. The lowest BCUT2D eigenvalue weighted by atomic mass is 9.93. The molecule has 28 heavy (non-hydrogen) atoms. The van der Waals surface area contributed by atoms with Gasteiger partial charge in [0, 0.05) is 58.9 Å². The predicted molar refractivity (Wildman–Crippen MR) is 128 cm³/mol. The Morgan fingerprint density at radius 2 is 2.14 bits per heavy atom.